The Morgan fingerprint density at radius 2 is 0.864 bits per heavy atom. The Kier molecular flexibility index (Phi) is 6.99. The summed E-state index contributed by atoms with van der Waals surface area (Å²) < 4.78 is 36.4. The molecule has 1 rings (SSSR count). The van der Waals surface area contributed by atoms with Gasteiger partial charge in [-0.05, 0) is 0 Å². The van der Waals surface area contributed by atoms with E-state index in [0.717, 1.165) is 0 Å². The lowest BCUT2D eigenvalue weighted by Crippen LogP contribution is -2.34. The number of aromatic nitrogens is 3. The quantitative estimate of drug-likeness (QED) is 0.240. The Morgan fingerprint density at radius 3 is 1.05 bits per heavy atom. The standard InChI is InChI=1S/C3H3N3O3.H5O10P3/c7-1-4-2(8)6-3(9)5-1;1-11(2,3)9-13(7,8)10-12(4,5)6/h(H3,4,5,6,7,8,9);(H,7,8)(H2,1,2,3)(H2,4,5,6). The van der Waals surface area contributed by atoms with Crippen molar-refractivity contribution in [2.24, 2.45) is 0 Å². The van der Waals surface area contributed by atoms with Gasteiger partial charge in [0.25, 0.3) is 0 Å². The van der Waals surface area contributed by atoms with Gasteiger partial charge in [-0.2, -0.15) is 8.62 Å². The van der Waals surface area contributed by atoms with Crippen LogP contribution < -0.4 is 17.1 Å². The molecular formula is C3H8N3O13P3. The van der Waals surface area contributed by atoms with Crippen molar-refractivity contribution in [1.29, 1.82) is 0 Å². The number of aromatic amines is 3. The molecule has 0 radical (unpaired) electrons. The minimum Gasteiger partial charge on any atom is -0.302 e. The number of phosphoric acid groups is 3. The van der Waals surface area contributed by atoms with Crippen LogP contribution in [0.4, 0.5) is 0 Å². The molecule has 0 aliphatic carbocycles. The molecular weight excluding hydrogens is 379 g/mol. The Morgan fingerprint density at radius 1 is 0.636 bits per heavy atom. The highest BCUT2D eigenvalue weighted by Crippen LogP contribution is 2.64. The minimum atomic E-state index is -5.46. The number of hydrogen-bond donors (Lipinski definition) is 8. The monoisotopic (exact) mass is 387 g/mol. The van der Waals surface area contributed by atoms with E-state index in [-0.39, 0.29) is 0 Å². The third-order valence-corrected chi connectivity index (χ3v) is 4.45. The topological polar surface area (TPSA) is 269 Å². The van der Waals surface area contributed by atoms with E-state index in [2.05, 4.69) is 8.62 Å². The van der Waals surface area contributed by atoms with E-state index < -0.39 is 40.5 Å². The fourth-order valence-electron chi connectivity index (χ4n) is 0.687. The molecule has 0 unspecified atom stereocenters. The molecule has 0 aliphatic rings. The van der Waals surface area contributed by atoms with E-state index in [9.17, 15) is 28.1 Å². The normalized spacial score (nSPS) is 12.4. The van der Waals surface area contributed by atoms with Crippen LogP contribution in [0.25, 0.3) is 0 Å². The third-order valence-electron chi connectivity index (χ3n) is 1.10. The molecule has 0 fully saturated rings. The molecule has 128 valence electrons. The highest BCUT2D eigenvalue weighted by Gasteiger charge is 2.38. The summed E-state index contributed by atoms with van der Waals surface area (Å²) in [5.74, 6) is 0. The zero-order chi connectivity index (χ0) is 17.8. The maximum atomic E-state index is 10.4. The lowest BCUT2D eigenvalue weighted by molar-refractivity contribution is 0.204. The van der Waals surface area contributed by atoms with Gasteiger partial charge in [-0.1, -0.05) is 0 Å². The summed E-state index contributed by atoms with van der Waals surface area (Å²) in [4.78, 5) is 76.1. The molecule has 8 N–H and O–H groups in total. The molecule has 22 heavy (non-hydrogen) atoms. The fourth-order valence-corrected chi connectivity index (χ4v) is 3.23. The largest absolute Gasteiger partial charge is 0.490 e. The Bertz CT molecular complexity index is 697. The van der Waals surface area contributed by atoms with Crippen molar-refractivity contribution in [2.75, 3.05) is 0 Å². The van der Waals surface area contributed by atoms with Crippen LogP contribution in [0.3, 0.4) is 0 Å². The summed E-state index contributed by atoms with van der Waals surface area (Å²) in [5.41, 5.74) is -2.41. The average Bonchev–Trinajstić information content (AvgIpc) is 2.05. The van der Waals surface area contributed by atoms with Gasteiger partial charge in [0.05, 0.1) is 0 Å². The smallest absolute Gasteiger partial charge is 0.302 e. The van der Waals surface area contributed by atoms with Crippen LogP contribution in [0.1, 0.15) is 0 Å². The second-order valence-electron chi connectivity index (χ2n) is 2.98. The molecule has 0 aromatic carbocycles. The first-order valence-electron chi connectivity index (χ1n) is 4.39. The second kappa shape index (κ2) is 7.39. The van der Waals surface area contributed by atoms with Crippen molar-refractivity contribution in [2.45, 2.75) is 0 Å². The maximum Gasteiger partial charge on any atom is 0.490 e. The van der Waals surface area contributed by atoms with Crippen molar-refractivity contribution in [1.82, 2.24) is 15.0 Å². The van der Waals surface area contributed by atoms with E-state index in [4.69, 9.17) is 24.5 Å². The van der Waals surface area contributed by atoms with Crippen molar-refractivity contribution in [3.8, 4) is 0 Å². The Labute approximate surface area is 117 Å². The SMILES string of the molecule is O=P(O)(O)OP(=O)(O)OP(=O)(O)O.O=c1[nH]c(=O)[nH]c(=O)[nH]1. The van der Waals surface area contributed by atoms with E-state index in [1.54, 1.807) is 15.0 Å². The van der Waals surface area contributed by atoms with Crippen LogP contribution in [-0.4, -0.2) is 39.4 Å². The first-order valence-corrected chi connectivity index (χ1v) is 8.95. The average molecular weight is 387 g/mol. The van der Waals surface area contributed by atoms with Crippen LogP contribution in [0.5, 0.6) is 0 Å². The van der Waals surface area contributed by atoms with Gasteiger partial charge in [-0.15, -0.1) is 0 Å². The highest BCUT2D eigenvalue weighted by molar-refractivity contribution is 7.66. The van der Waals surface area contributed by atoms with E-state index >= 15 is 0 Å². The molecule has 1 aromatic rings. The van der Waals surface area contributed by atoms with Gasteiger partial charge in [0.2, 0.25) is 0 Å². The Hall–Kier alpha value is -1.18. The zero-order valence-corrected chi connectivity index (χ0v) is 12.5. The molecule has 1 aromatic heterocycles. The summed E-state index contributed by atoms with van der Waals surface area (Å²) in [6.45, 7) is 0. The molecule has 0 saturated heterocycles. The van der Waals surface area contributed by atoms with Crippen molar-refractivity contribution < 1.29 is 46.8 Å². The molecule has 0 spiro atoms. The minimum absolute atomic E-state index is 0.802. The molecule has 0 bridgehead atoms. The van der Waals surface area contributed by atoms with Gasteiger partial charge in [0.1, 0.15) is 0 Å². The predicted molar refractivity (Wildman–Crippen MR) is 64.4 cm³/mol. The molecule has 0 saturated carbocycles. The van der Waals surface area contributed by atoms with Crippen molar-refractivity contribution in [3.05, 3.63) is 31.5 Å². The van der Waals surface area contributed by atoms with Crippen molar-refractivity contribution >= 4 is 23.5 Å². The summed E-state index contributed by atoms with van der Waals surface area (Å²) >= 11 is 0. The van der Waals surface area contributed by atoms with Crippen LogP contribution in [0, 0.1) is 0 Å². The van der Waals surface area contributed by atoms with Gasteiger partial charge in [-0.3, -0.25) is 15.0 Å². The molecule has 0 aliphatic heterocycles. The lowest BCUT2D eigenvalue weighted by Gasteiger charge is -2.11. The van der Waals surface area contributed by atoms with Crippen LogP contribution in [0.15, 0.2) is 14.4 Å². The molecule has 1 heterocycles. The summed E-state index contributed by atoms with van der Waals surface area (Å²) in [7, 11) is -16.2. The molecule has 0 amide bonds. The van der Waals surface area contributed by atoms with Crippen LogP contribution >= 0.6 is 23.5 Å². The van der Waals surface area contributed by atoms with E-state index in [0.29, 0.717) is 0 Å². The lowest BCUT2D eigenvalue weighted by atomic mass is 11.0. The fraction of sp³-hybridized carbons (Fsp3) is 0. The van der Waals surface area contributed by atoms with Gasteiger partial charge >= 0.3 is 40.5 Å². The van der Waals surface area contributed by atoms with Gasteiger partial charge in [0, 0.05) is 0 Å². The summed E-state index contributed by atoms with van der Waals surface area (Å²) in [6, 6.07) is 0. The first-order chi connectivity index (χ1) is 9.60. The Balaban J connectivity index is 0.000000425. The van der Waals surface area contributed by atoms with Gasteiger partial charge < -0.3 is 24.5 Å². The number of hydrogen-bond acceptors (Lipinski definition) is 8. The number of rotatable bonds is 4. The molecule has 19 heteroatoms. The zero-order valence-electron chi connectivity index (χ0n) is 9.84. The molecule has 16 nitrogen and oxygen atoms in total. The summed E-state index contributed by atoms with van der Waals surface area (Å²) in [5, 5.41) is 0. The van der Waals surface area contributed by atoms with E-state index in [1.165, 1.54) is 0 Å². The third kappa shape index (κ3) is 11.5. The second-order valence-corrected chi connectivity index (χ2v) is 7.18. The first kappa shape index (κ1) is 20.8. The maximum absolute atomic E-state index is 10.4. The van der Waals surface area contributed by atoms with Crippen LogP contribution in [0.2, 0.25) is 0 Å². The van der Waals surface area contributed by atoms with Crippen LogP contribution in [-0.2, 0) is 22.3 Å². The van der Waals surface area contributed by atoms with E-state index in [1.807, 2.05) is 0 Å². The summed E-state index contributed by atoms with van der Waals surface area (Å²) in [6.07, 6.45) is 0. The van der Waals surface area contributed by atoms with Gasteiger partial charge in [-0.25, -0.2) is 28.1 Å². The number of H-pyrrole nitrogens is 3. The highest BCUT2D eigenvalue weighted by atomic mass is 31.3. The predicted octanol–water partition coefficient (Wildman–Crippen LogP) is -2.94. The van der Waals surface area contributed by atoms with Crippen molar-refractivity contribution in [3.63, 3.8) is 0 Å². The number of nitrogens with one attached hydrogen (secondary N) is 3. The van der Waals surface area contributed by atoms with Gasteiger partial charge in [0.15, 0.2) is 0 Å². The molecule has 0 atom stereocenters.